The zero-order valence-electron chi connectivity index (χ0n) is 11.7. The van der Waals surface area contributed by atoms with E-state index in [9.17, 15) is 18.0 Å². The van der Waals surface area contributed by atoms with Gasteiger partial charge in [0.25, 0.3) is 0 Å². The second kappa shape index (κ2) is 6.22. The van der Waals surface area contributed by atoms with E-state index in [1.807, 2.05) is 0 Å². The van der Waals surface area contributed by atoms with Gasteiger partial charge in [0.2, 0.25) is 10.0 Å². The van der Waals surface area contributed by atoms with Gasteiger partial charge in [-0.25, -0.2) is 12.7 Å². The topological polar surface area (TPSA) is 80.8 Å². The average Bonchev–Trinajstić information content (AvgIpc) is 2.36. The van der Waals surface area contributed by atoms with Crippen LogP contribution in [0.4, 0.5) is 0 Å². The summed E-state index contributed by atoms with van der Waals surface area (Å²) >= 11 is 0. The zero-order chi connectivity index (χ0) is 14.8. The number of hydrogen-bond donors (Lipinski definition) is 0. The smallest absolute Gasteiger partial charge is 0.313 e. The van der Waals surface area contributed by atoms with Gasteiger partial charge in [-0.05, 0) is 32.1 Å². The number of hydrogen-bond acceptors (Lipinski definition) is 5. The fraction of sp³-hybridized carbons (Fsp3) is 0.846. The Hall–Kier alpha value is -0.950. The van der Waals surface area contributed by atoms with Gasteiger partial charge in [0.15, 0.2) is 0 Å². The number of Topliss-reactive ketones (excluding diaryl/α,β-unsaturated/α-hetero) is 1. The van der Waals surface area contributed by atoms with Crippen molar-refractivity contribution in [3.8, 4) is 0 Å². The van der Waals surface area contributed by atoms with E-state index in [-0.39, 0.29) is 23.4 Å². The fourth-order valence-electron chi connectivity index (χ4n) is 2.79. The molecule has 1 saturated carbocycles. The Kier molecular flexibility index (Phi) is 4.80. The number of esters is 1. The molecule has 20 heavy (non-hydrogen) atoms. The third-order valence-corrected chi connectivity index (χ3v) is 6.67. The van der Waals surface area contributed by atoms with Crippen LogP contribution in [0.15, 0.2) is 0 Å². The van der Waals surface area contributed by atoms with Gasteiger partial charge in [-0.1, -0.05) is 0 Å². The number of rotatable bonds is 5. The van der Waals surface area contributed by atoms with Crippen LogP contribution in [-0.4, -0.2) is 49.9 Å². The van der Waals surface area contributed by atoms with Gasteiger partial charge in [0.1, 0.15) is 12.2 Å². The van der Waals surface area contributed by atoms with Gasteiger partial charge in [-0.2, -0.15) is 0 Å². The van der Waals surface area contributed by atoms with Gasteiger partial charge < -0.3 is 4.74 Å². The number of ether oxygens (including phenoxy) is 1. The standard InChI is InChI=1S/C13H21NO5S/c1-19-13(16)9-12(15)10-3-5-11(6-4-10)20(17,18)14-7-2-8-14/h10-11H,2-9H2,1H3. The third-order valence-electron chi connectivity index (χ3n) is 4.27. The number of ketones is 1. The molecule has 0 amide bonds. The van der Waals surface area contributed by atoms with Gasteiger partial charge in [-0.3, -0.25) is 9.59 Å². The molecule has 1 aliphatic carbocycles. The first-order valence-corrected chi connectivity index (χ1v) is 8.54. The predicted octanol–water partition coefficient (Wildman–Crippen LogP) is 0.713. The Morgan fingerprint density at radius 2 is 1.75 bits per heavy atom. The highest BCUT2D eigenvalue weighted by molar-refractivity contribution is 7.89. The lowest BCUT2D eigenvalue weighted by Gasteiger charge is -2.36. The molecule has 6 nitrogen and oxygen atoms in total. The summed E-state index contributed by atoms with van der Waals surface area (Å²) in [6.07, 6.45) is 2.85. The highest BCUT2D eigenvalue weighted by Gasteiger charge is 2.38. The molecule has 0 N–H and O–H groups in total. The van der Waals surface area contributed by atoms with E-state index in [2.05, 4.69) is 4.74 Å². The quantitative estimate of drug-likeness (QED) is 0.552. The molecule has 0 aromatic carbocycles. The van der Waals surface area contributed by atoms with E-state index < -0.39 is 16.0 Å². The third kappa shape index (κ3) is 3.20. The van der Waals surface area contributed by atoms with Crippen molar-refractivity contribution < 1.29 is 22.7 Å². The number of sulfonamides is 1. The lowest BCUT2D eigenvalue weighted by Crippen LogP contribution is -2.47. The van der Waals surface area contributed by atoms with E-state index in [1.165, 1.54) is 11.4 Å². The molecule has 0 radical (unpaired) electrons. The maximum atomic E-state index is 12.2. The van der Waals surface area contributed by atoms with E-state index in [4.69, 9.17) is 0 Å². The Bertz CT molecular complexity index is 475. The van der Waals surface area contributed by atoms with Gasteiger partial charge in [0, 0.05) is 19.0 Å². The highest BCUT2D eigenvalue weighted by atomic mass is 32.2. The van der Waals surface area contributed by atoms with Crippen molar-refractivity contribution in [1.29, 1.82) is 0 Å². The summed E-state index contributed by atoms with van der Waals surface area (Å²) in [5.74, 6) is -0.848. The summed E-state index contributed by atoms with van der Waals surface area (Å²) < 4.78 is 30.5. The van der Waals surface area contributed by atoms with Crippen molar-refractivity contribution >= 4 is 21.8 Å². The number of carbonyl (C=O) groups is 2. The molecular formula is C13H21NO5S. The molecule has 1 saturated heterocycles. The molecule has 0 aromatic rings. The summed E-state index contributed by atoms with van der Waals surface area (Å²) in [4.78, 5) is 22.9. The molecule has 0 unspecified atom stereocenters. The van der Waals surface area contributed by atoms with Crippen molar-refractivity contribution in [3.05, 3.63) is 0 Å². The van der Waals surface area contributed by atoms with E-state index in [0.717, 1.165) is 6.42 Å². The van der Waals surface area contributed by atoms with Crippen molar-refractivity contribution in [3.63, 3.8) is 0 Å². The second-order valence-electron chi connectivity index (χ2n) is 5.49. The predicted molar refractivity (Wildman–Crippen MR) is 72.5 cm³/mol. The van der Waals surface area contributed by atoms with Crippen LogP contribution in [0.5, 0.6) is 0 Å². The first-order chi connectivity index (χ1) is 9.45. The molecule has 114 valence electrons. The summed E-state index contributed by atoms with van der Waals surface area (Å²) in [6.45, 7) is 1.26. The van der Waals surface area contributed by atoms with E-state index in [1.54, 1.807) is 0 Å². The normalized spacial score (nSPS) is 27.6. The lowest BCUT2D eigenvalue weighted by molar-refractivity contribution is -0.144. The Labute approximate surface area is 119 Å². The summed E-state index contributed by atoms with van der Waals surface area (Å²) in [5.41, 5.74) is 0. The van der Waals surface area contributed by atoms with Crippen LogP contribution in [0.2, 0.25) is 0 Å². The molecule has 0 bridgehead atoms. The first-order valence-electron chi connectivity index (χ1n) is 7.03. The van der Waals surface area contributed by atoms with Crippen LogP contribution >= 0.6 is 0 Å². The van der Waals surface area contributed by atoms with E-state index >= 15 is 0 Å². The van der Waals surface area contributed by atoms with Gasteiger partial charge in [0.05, 0.1) is 12.4 Å². The molecule has 2 fully saturated rings. The molecule has 2 rings (SSSR count). The Balaban J connectivity index is 1.86. The van der Waals surface area contributed by atoms with Crippen LogP contribution < -0.4 is 0 Å². The maximum absolute atomic E-state index is 12.2. The average molecular weight is 303 g/mol. The van der Waals surface area contributed by atoms with Crippen LogP contribution in [-0.2, 0) is 24.3 Å². The minimum absolute atomic E-state index is 0.128. The van der Waals surface area contributed by atoms with Crippen LogP contribution in [0, 0.1) is 5.92 Å². The molecule has 2 aliphatic rings. The van der Waals surface area contributed by atoms with Crippen molar-refractivity contribution in [2.45, 2.75) is 43.8 Å². The molecule has 0 aromatic heterocycles. The molecule has 7 heteroatoms. The largest absolute Gasteiger partial charge is 0.469 e. The SMILES string of the molecule is COC(=O)CC(=O)C1CCC(S(=O)(=O)N2CCC2)CC1. The number of nitrogens with zero attached hydrogens (tertiary/aromatic N) is 1. The van der Waals surface area contributed by atoms with Crippen LogP contribution in [0.1, 0.15) is 38.5 Å². The van der Waals surface area contributed by atoms with Gasteiger partial charge in [-0.15, -0.1) is 0 Å². The summed E-state index contributed by atoms with van der Waals surface area (Å²) in [5, 5.41) is -0.357. The zero-order valence-corrected chi connectivity index (χ0v) is 12.5. The molecular weight excluding hydrogens is 282 g/mol. The fourth-order valence-corrected chi connectivity index (χ4v) is 4.85. The highest BCUT2D eigenvalue weighted by Crippen LogP contribution is 2.32. The molecule has 1 aliphatic heterocycles. The van der Waals surface area contributed by atoms with E-state index in [0.29, 0.717) is 38.8 Å². The minimum Gasteiger partial charge on any atom is -0.469 e. The van der Waals surface area contributed by atoms with Gasteiger partial charge >= 0.3 is 5.97 Å². The number of carbonyl (C=O) groups excluding carboxylic acids is 2. The maximum Gasteiger partial charge on any atom is 0.313 e. The van der Waals surface area contributed by atoms with Crippen molar-refractivity contribution in [2.75, 3.05) is 20.2 Å². The second-order valence-corrected chi connectivity index (χ2v) is 7.70. The van der Waals surface area contributed by atoms with Crippen molar-refractivity contribution in [2.24, 2.45) is 5.92 Å². The van der Waals surface area contributed by atoms with Crippen molar-refractivity contribution in [1.82, 2.24) is 4.31 Å². The lowest BCUT2D eigenvalue weighted by atomic mass is 9.85. The minimum atomic E-state index is -3.17. The summed E-state index contributed by atoms with van der Waals surface area (Å²) in [6, 6.07) is 0. The summed E-state index contributed by atoms with van der Waals surface area (Å²) in [7, 11) is -1.92. The molecule has 0 spiro atoms. The van der Waals surface area contributed by atoms with Crippen LogP contribution in [0.3, 0.4) is 0 Å². The Morgan fingerprint density at radius 3 is 2.20 bits per heavy atom. The molecule has 0 atom stereocenters. The molecule has 1 heterocycles. The first kappa shape index (κ1) is 15.4. The number of methoxy groups -OCH3 is 1. The monoisotopic (exact) mass is 303 g/mol. The Morgan fingerprint density at radius 1 is 1.15 bits per heavy atom. The van der Waals surface area contributed by atoms with Crippen LogP contribution in [0.25, 0.3) is 0 Å².